The molecule has 2 aromatic rings. The molecule has 5 nitrogen and oxygen atoms in total. The van der Waals surface area contributed by atoms with Gasteiger partial charge in [0.15, 0.2) is 0 Å². The molecule has 0 amide bonds. The Morgan fingerprint density at radius 2 is 2.00 bits per heavy atom. The Bertz CT molecular complexity index is 779. The molecular formula is C19H26BrN2O3+. The first-order valence-corrected chi connectivity index (χ1v) is 9.71. The van der Waals surface area contributed by atoms with E-state index in [1.165, 1.54) is 24.2 Å². The molecule has 0 aliphatic carbocycles. The number of hydrogen-bond acceptors (Lipinski definition) is 3. The summed E-state index contributed by atoms with van der Waals surface area (Å²) in [6.07, 6.45) is 3.83. The van der Waals surface area contributed by atoms with Crippen molar-refractivity contribution in [2.24, 2.45) is 7.05 Å². The van der Waals surface area contributed by atoms with Crippen LogP contribution in [0.25, 0.3) is 10.9 Å². The van der Waals surface area contributed by atoms with E-state index in [1.54, 1.807) is 7.11 Å². The van der Waals surface area contributed by atoms with Gasteiger partial charge in [0.05, 0.1) is 48.1 Å². The Balaban J connectivity index is 2.13. The zero-order valence-electron chi connectivity index (χ0n) is 15.2. The fraction of sp³-hybridized carbons (Fsp3) is 0.526. The average Bonchev–Trinajstić information content (AvgIpc) is 2.87. The van der Waals surface area contributed by atoms with Gasteiger partial charge in [-0.2, -0.15) is 0 Å². The Hall–Kier alpha value is -1.53. The van der Waals surface area contributed by atoms with Crippen molar-refractivity contribution in [3.8, 4) is 5.75 Å². The van der Waals surface area contributed by atoms with Crippen LogP contribution in [-0.2, 0) is 18.3 Å². The number of hydrogen-bond donors (Lipinski definition) is 1. The van der Waals surface area contributed by atoms with Crippen LogP contribution in [0.1, 0.15) is 42.2 Å². The van der Waals surface area contributed by atoms with Gasteiger partial charge in [0.2, 0.25) is 0 Å². The second kappa shape index (κ2) is 7.79. The molecule has 1 aromatic carbocycles. The van der Waals surface area contributed by atoms with Crippen molar-refractivity contribution in [1.82, 2.24) is 4.57 Å². The van der Waals surface area contributed by atoms with Crippen LogP contribution in [0.3, 0.4) is 0 Å². The number of benzene rings is 1. The molecule has 1 saturated heterocycles. The number of fused-ring (bicyclic) bond motifs is 1. The molecule has 3 rings (SSSR count). The molecule has 1 aliphatic rings. The number of nitrogens with one attached hydrogen (secondary N) is 1. The van der Waals surface area contributed by atoms with Gasteiger partial charge in [0.25, 0.3) is 0 Å². The van der Waals surface area contributed by atoms with E-state index < -0.39 is 0 Å². The molecule has 0 saturated carbocycles. The number of methoxy groups -OCH3 is 1. The lowest BCUT2D eigenvalue weighted by Gasteiger charge is -2.24. The molecule has 1 N–H and O–H groups in total. The monoisotopic (exact) mass is 409 g/mol. The van der Waals surface area contributed by atoms with Gasteiger partial charge in [-0.15, -0.1) is 0 Å². The van der Waals surface area contributed by atoms with E-state index in [1.807, 2.05) is 26.1 Å². The molecule has 0 radical (unpaired) electrons. The Labute approximate surface area is 157 Å². The summed E-state index contributed by atoms with van der Waals surface area (Å²) < 4.78 is 13.8. The highest BCUT2D eigenvalue weighted by Crippen LogP contribution is 2.35. The summed E-state index contributed by atoms with van der Waals surface area (Å²) in [6, 6.07) is 3.95. The van der Waals surface area contributed by atoms with Gasteiger partial charge >= 0.3 is 5.97 Å². The fourth-order valence-corrected chi connectivity index (χ4v) is 4.24. The van der Waals surface area contributed by atoms with Gasteiger partial charge in [-0.25, -0.2) is 4.79 Å². The van der Waals surface area contributed by atoms with Crippen LogP contribution in [0.15, 0.2) is 16.6 Å². The third kappa shape index (κ3) is 3.55. The fourth-order valence-electron chi connectivity index (χ4n) is 3.75. The van der Waals surface area contributed by atoms with E-state index in [2.05, 4.69) is 20.5 Å². The predicted octanol–water partition coefficient (Wildman–Crippen LogP) is 2.69. The minimum absolute atomic E-state index is 0.246. The average molecular weight is 410 g/mol. The van der Waals surface area contributed by atoms with Crippen LogP contribution >= 0.6 is 15.9 Å². The first kappa shape index (κ1) is 18.3. The maximum atomic E-state index is 12.7. The Morgan fingerprint density at radius 1 is 1.28 bits per heavy atom. The standard InChI is InChI=1S/C19H25BrN2O3/c1-4-25-19(23)18-13-10-17(24-3)14(20)11-15(13)21(2)16(18)12-22-8-6-5-7-9-22/h10-11H,4-9,12H2,1-3H3/p+1. The van der Waals surface area contributed by atoms with Crippen LogP contribution in [0.5, 0.6) is 5.75 Å². The van der Waals surface area contributed by atoms with Gasteiger partial charge in [-0.1, -0.05) is 0 Å². The Morgan fingerprint density at radius 3 is 2.64 bits per heavy atom. The topological polar surface area (TPSA) is 44.9 Å². The molecule has 0 bridgehead atoms. The lowest BCUT2D eigenvalue weighted by Crippen LogP contribution is -3.11. The number of carbonyl (C=O) groups excluding carboxylic acids is 1. The molecule has 6 heteroatoms. The SMILES string of the molecule is CCOC(=O)c1c(C[NH+]2CCCCC2)n(C)c2cc(Br)c(OC)cc12. The number of halogens is 1. The summed E-state index contributed by atoms with van der Waals surface area (Å²) in [5.74, 6) is 0.476. The number of aromatic nitrogens is 1. The number of piperidine rings is 1. The number of nitrogens with zero attached hydrogens (tertiary/aromatic N) is 1. The van der Waals surface area contributed by atoms with E-state index in [0.29, 0.717) is 12.2 Å². The third-order valence-corrected chi connectivity index (χ3v) is 5.67. The number of likely N-dealkylation sites (tertiary alicyclic amines) is 1. The number of ether oxygens (including phenoxy) is 2. The lowest BCUT2D eigenvalue weighted by molar-refractivity contribution is -0.918. The number of carbonyl (C=O) groups is 1. The number of esters is 1. The lowest BCUT2D eigenvalue weighted by atomic mass is 10.1. The second-order valence-corrected chi connectivity index (χ2v) is 7.45. The van der Waals surface area contributed by atoms with E-state index in [4.69, 9.17) is 9.47 Å². The molecule has 136 valence electrons. The van der Waals surface area contributed by atoms with Gasteiger partial charge in [0.1, 0.15) is 12.3 Å². The van der Waals surface area contributed by atoms with Crippen molar-refractivity contribution in [2.75, 3.05) is 26.8 Å². The van der Waals surface area contributed by atoms with Crippen molar-refractivity contribution in [3.05, 3.63) is 27.9 Å². The van der Waals surface area contributed by atoms with Gasteiger partial charge in [-0.3, -0.25) is 0 Å². The molecule has 2 heterocycles. The van der Waals surface area contributed by atoms with Crippen molar-refractivity contribution < 1.29 is 19.2 Å². The molecule has 1 fully saturated rings. The minimum atomic E-state index is -0.246. The molecule has 1 aliphatic heterocycles. The van der Waals surface area contributed by atoms with Crippen molar-refractivity contribution in [3.63, 3.8) is 0 Å². The van der Waals surface area contributed by atoms with Gasteiger partial charge < -0.3 is 18.9 Å². The normalized spacial score (nSPS) is 15.5. The van der Waals surface area contributed by atoms with Crippen molar-refractivity contribution in [1.29, 1.82) is 0 Å². The van der Waals surface area contributed by atoms with Crippen LogP contribution in [0, 0.1) is 0 Å². The predicted molar refractivity (Wildman–Crippen MR) is 101 cm³/mol. The zero-order valence-corrected chi connectivity index (χ0v) is 16.7. The van der Waals surface area contributed by atoms with E-state index in [-0.39, 0.29) is 5.97 Å². The second-order valence-electron chi connectivity index (χ2n) is 6.59. The first-order valence-electron chi connectivity index (χ1n) is 8.92. The highest BCUT2D eigenvalue weighted by atomic mass is 79.9. The maximum absolute atomic E-state index is 12.7. The molecule has 1 aromatic heterocycles. The molecule has 25 heavy (non-hydrogen) atoms. The summed E-state index contributed by atoms with van der Waals surface area (Å²) in [4.78, 5) is 14.3. The van der Waals surface area contributed by atoms with Crippen LogP contribution < -0.4 is 9.64 Å². The van der Waals surface area contributed by atoms with Crippen molar-refractivity contribution >= 4 is 32.8 Å². The van der Waals surface area contributed by atoms with E-state index in [9.17, 15) is 4.79 Å². The summed E-state index contributed by atoms with van der Waals surface area (Å²) in [6.45, 7) is 5.39. The Kier molecular flexibility index (Phi) is 5.69. The molecule has 0 spiro atoms. The van der Waals surface area contributed by atoms with Crippen molar-refractivity contribution in [2.45, 2.75) is 32.7 Å². The van der Waals surface area contributed by atoms with Gasteiger partial charge in [-0.05, 0) is 54.2 Å². The quantitative estimate of drug-likeness (QED) is 0.772. The third-order valence-electron chi connectivity index (χ3n) is 5.05. The molecule has 0 unspecified atom stereocenters. The summed E-state index contributed by atoms with van der Waals surface area (Å²) in [5.41, 5.74) is 2.75. The summed E-state index contributed by atoms with van der Waals surface area (Å²) >= 11 is 3.55. The number of aryl methyl sites for hydroxylation is 1. The molecular weight excluding hydrogens is 384 g/mol. The largest absolute Gasteiger partial charge is 0.496 e. The van der Waals surface area contributed by atoms with Crippen LogP contribution in [-0.4, -0.2) is 37.3 Å². The summed E-state index contributed by atoms with van der Waals surface area (Å²) in [7, 11) is 3.67. The maximum Gasteiger partial charge on any atom is 0.340 e. The summed E-state index contributed by atoms with van der Waals surface area (Å²) in [5, 5.41) is 0.896. The smallest absolute Gasteiger partial charge is 0.340 e. The van der Waals surface area contributed by atoms with Crippen LogP contribution in [0.2, 0.25) is 0 Å². The number of quaternary nitrogens is 1. The van der Waals surface area contributed by atoms with Crippen LogP contribution in [0.4, 0.5) is 0 Å². The zero-order chi connectivity index (χ0) is 18.0. The highest BCUT2D eigenvalue weighted by molar-refractivity contribution is 9.10. The van der Waals surface area contributed by atoms with E-state index in [0.717, 1.165) is 46.5 Å². The minimum Gasteiger partial charge on any atom is -0.496 e. The van der Waals surface area contributed by atoms with Gasteiger partial charge in [0, 0.05) is 12.4 Å². The molecule has 0 atom stereocenters. The number of rotatable bonds is 5. The van der Waals surface area contributed by atoms with E-state index >= 15 is 0 Å². The highest BCUT2D eigenvalue weighted by Gasteiger charge is 2.27. The first-order chi connectivity index (χ1) is 12.1.